The Hall–Kier alpha value is -1.63. The largest absolute Gasteiger partial charge is 0.293 e. The molecule has 0 aliphatic carbocycles. The number of Topliss-reactive ketones (excluding diaryl/α,β-unsaturated/α-hetero) is 1. The number of ketones is 1. The van der Waals surface area contributed by atoms with E-state index in [4.69, 9.17) is 5.26 Å². The van der Waals surface area contributed by atoms with Crippen LogP contribution in [-0.4, -0.2) is 15.6 Å². The molecule has 0 aromatic carbocycles. The summed E-state index contributed by atoms with van der Waals surface area (Å²) in [7, 11) is 1.66. The van der Waals surface area contributed by atoms with E-state index in [0.717, 1.165) is 0 Å². The van der Waals surface area contributed by atoms with Gasteiger partial charge in [-0.2, -0.15) is 10.4 Å². The van der Waals surface area contributed by atoms with Crippen LogP contribution in [0.4, 0.5) is 0 Å². The Morgan fingerprint density at radius 1 is 1.67 bits per heavy atom. The lowest BCUT2D eigenvalue weighted by atomic mass is 10.1. The van der Waals surface area contributed by atoms with Crippen LogP contribution in [0.5, 0.6) is 0 Å². The third-order valence-corrected chi connectivity index (χ3v) is 1.72. The first-order valence-electron chi connectivity index (χ1n) is 3.52. The molecule has 0 bridgehead atoms. The van der Waals surface area contributed by atoms with Crippen LogP contribution < -0.4 is 0 Å². The molecule has 0 aliphatic rings. The van der Waals surface area contributed by atoms with E-state index in [9.17, 15) is 4.79 Å². The van der Waals surface area contributed by atoms with E-state index < -0.39 is 0 Å². The van der Waals surface area contributed by atoms with Crippen molar-refractivity contribution >= 4 is 5.78 Å². The molecule has 1 aromatic rings. The molecule has 0 unspecified atom stereocenters. The minimum absolute atomic E-state index is 0.0657. The minimum atomic E-state index is -0.0657. The van der Waals surface area contributed by atoms with Gasteiger partial charge in [-0.05, 0) is 6.92 Å². The van der Waals surface area contributed by atoms with Gasteiger partial charge < -0.3 is 0 Å². The van der Waals surface area contributed by atoms with E-state index in [-0.39, 0.29) is 5.78 Å². The smallest absolute Gasteiger partial charge is 0.178 e. The van der Waals surface area contributed by atoms with Crippen LogP contribution in [0.1, 0.15) is 28.7 Å². The van der Waals surface area contributed by atoms with Gasteiger partial charge in [0.1, 0.15) is 11.8 Å². The maximum absolute atomic E-state index is 11.0. The Bertz CT molecular complexity index is 370. The number of carbonyl (C=O) groups excluding carboxylic acids is 1. The van der Waals surface area contributed by atoms with Crippen molar-refractivity contribution in [2.75, 3.05) is 0 Å². The predicted octanol–water partition coefficient (Wildman–Crippen LogP) is 0.803. The van der Waals surface area contributed by atoms with Gasteiger partial charge in [-0.15, -0.1) is 0 Å². The summed E-state index contributed by atoms with van der Waals surface area (Å²) in [6, 6.07) is 1.93. The number of nitrogens with zero attached hydrogens (tertiary/aromatic N) is 3. The van der Waals surface area contributed by atoms with E-state index in [1.165, 1.54) is 11.6 Å². The Labute approximate surface area is 70.4 Å². The van der Waals surface area contributed by atoms with E-state index in [0.29, 0.717) is 17.0 Å². The molecule has 1 heterocycles. The van der Waals surface area contributed by atoms with Crippen LogP contribution in [0.25, 0.3) is 0 Å². The molecule has 0 aliphatic heterocycles. The zero-order chi connectivity index (χ0) is 9.30. The highest BCUT2D eigenvalue weighted by Crippen LogP contribution is 2.11. The van der Waals surface area contributed by atoms with Crippen molar-refractivity contribution in [3.63, 3.8) is 0 Å². The van der Waals surface area contributed by atoms with Crippen LogP contribution in [-0.2, 0) is 7.05 Å². The molecule has 12 heavy (non-hydrogen) atoms. The standard InChI is InChI=1S/C8H9N3O/c1-5-7(4-9)10-11(3)8(5)6(2)12/h1-3H3. The summed E-state index contributed by atoms with van der Waals surface area (Å²) < 4.78 is 1.44. The van der Waals surface area contributed by atoms with Crippen LogP contribution in [0.3, 0.4) is 0 Å². The summed E-state index contributed by atoms with van der Waals surface area (Å²) in [5, 5.41) is 12.5. The normalized spacial score (nSPS) is 9.50. The first kappa shape index (κ1) is 8.47. The molecule has 4 nitrogen and oxygen atoms in total. The Balaban J connectivity index is 3.40. The van der Waals surface area contributed by atoms with Crippen molar-refractivity contribution in [1.82, 2.24) is 9.78 Å². The molecule has 0 fully saturated rings. The monoisotopic (exact) mass is 163 g/mol. The Kier molecular flexibility index (Phi) is 1.96. The zero-order valence-corrected chi connectivity index (χ0v) is 7.25. The van der Waals surface area contributed by atoms with Crippen molar-refractivity contribution in [3.05, 3.63) is 17.0 Å². The Morgan fingerprint density at radius 3 is 2.50 bits per heavy atom. The van der Waals surface area contributed by atoms with Crippen LogP contribution >= 0.6 is 0 Å². The number of carbonyl (C=O) groups is 1. The van der Waals surface area contributed by atoms with E-state index in [1.807, 2.05) is 6.07 Å². The number of aromatic nitrogens is 2. The number of hydrogen-bond donors (Lipinski definition) is 0. The Morgan fingerprint density at radius 2 is 2.25 bits per heavy atom. The summed E-state index contributed by atoms with van der Waals surface area (Å²) in [4.78, 5) is 11.0. The average Bonchev–Trinajstić information content (AvgIpc) is 2.25. The quantitative estimate of drug-likeness (QED) is 0.575. The van der Waals surface area contributed by atoms with Gasteiger partial charge in [-0.25, -0.2) is 0 Å². The van der Waals surface area contributed by atoms with Gasteiger partial charge in [0, 0.05) is 19.5 Å². The number of aryl methyl sites for hydroxylation is 1. The lowest BCUT2D eigenvalue weighted by Crippen LogP contribution is -2.03. The van der Waals surface area contributed by atoms with E-state index in [2.05, 4.69) is 5.10 Å². The van der Waals surface area contributed by atoms with Crippen LogP contribution in [0, 0.1) is 18.3 Å². The predicted molar refractivity (Wildman–Crippen MR) is 42.7 cm³/mol. The molecule has 0 spiro atoms. The molecule has 1 rings (SSSR count). The summed E-state index contributed by atoms with van der Waals surface area (Å²) in [5.74, 6) is -0.0657. The van der Waals surface area contributed by atoms with Gasteiger partial charge in [0.15, 0.2) is 11.5 Å². The molecule has 0 saturated carbocycles. The minimum Gasteiger partial charge on any atom is -0.293 e. The van der Waals surface area contributed by atoms with E-state index >= 15 is 0 Å². The van der Waals surface area contributed by atoms with Crippen molar-refractivity contribution in [1.29, 1.82) is 5.26 Å². The molecule has 0 radical (unpaired) electrons. The fraction of sp³-hybridized carbons (Fsp3) is 0.375. The van der Waals surface area contributed by atoms with E-state index in [1.54, 1.807) is 14.0 Å². The third kappa shape index (κ3) is 1.10. The number of rotatable bonds is 1. The summed E-state index contributed by atoms with van der Waals surface area (Å²) in [6.45, 7) is 3.19. The summed E-state index contributed by atoms with van der Waals surface area (Å²) in [5.41, 5.74) is 1.49. The number of nitriles is 1. The van der Waals surface area contributed by atoms with Gasteiger partial charge in [-0.1, -0.05) is 0 Å². The second kappa shape index (κ2) is 2.78. The SMILES string of the molecule is CC(=O)c1c(C)c(C#N)nn1C. The lowest BCUT2D eigenvalue weighted by molar-refractivity contribution is 0.100. The maximum Gasteiger partial charge on any atom is 0.178 e. The highest BCUT2D eigenvalue weighted by Gasteiger charge is 2.14. The van der Waals surface area contributed by atoms with Crippen molar-refractivity contribution in [2.24, 2.45) is 7.05 Å². The first-order valence-corrected chi connectivity index (χ1v) is 3.52. The summed E-state index contributed by atoms with van der Waals surface area (Å²) >= 11 is 0. The van der Waals surface area contributed by atoms with Crippen LogP contribution in [0.2, 0.25) is 0 Å². The fourth-order valence-corrected chi connectivity index (χ4v) is 1.23. The van der Waals surface area contributed by atoms with Crippen LogP contribution in [0.15, 0.2) is 0 Å². The molecule has 62 valence electrons. The van der Waals surface area contributed by atoms with Crippen molar-refractivity contribution < 1.29 is 4.79 Å². The fourth-order valence-electron chi connectivity index (χ4n) is 1.23. The van der Waals surface area contributed by atoms with Gasteiger partial charge >= 0.3 is 0 Å². The van der Waals surface area contributed by atoms with Gasteiger partial charge in [0.25, 0.3) is 0 Å². The molecule has 0 saturated heterocycles. The van der Waals surface area contributed by atoms with Gasteiger partial charge in [0.05, 0.1) is 0 Å². The van der Waals surface area contributed by atoms with Crippen molar-refractivity contribution in [3.8, 4) is 6.07 Å². The van der Waals surface area contributed by atoms with Gasteiger partial charge in [0.2, 0.25) is 0 Å². The molecule has 0 atom stereocenters. The molecular formula is C8H9N3O. The summed E-state index contributed by atoms with van der Waals surface area (Å²) in [6.07, 6.45) is 0. The molecule has 0 amide bonds. The highest BCUT2D eigenvalue weighted by molar-refractivity contribution is 5.94. The molecular weight excluding hydrogens is 154 g/mol. The third-order valence-electron chi connectivity index (χ3n) is 1.72. The second-order valence-electron chi connectivity index (χ2n) is 2.61. The zero-order valence-electron chi connectivity index (χ0n) is 7.25. The maximum atomic E-state index is 11.0. The van der Waals surface area contributed by atoms with Gasteiger partial charge in [-0.3, -0.25) is 9.48 Å². The lowest BCUT2D eigenvalue weighted by Gasteiger charge is -1.95. The average molecular weight is 163 g/mol. The number of hydrogen-bond acceptors (Lipinski definition) is 3. The topological polar surface area (TPSA) is 58.7 Å². The first-order chi connectivity index (χ1) is 5.57. The molecule has 0 N–H and O–H groups in total. The molecule has 1 aromatic heterocycles. The molecule has 4 heteroatoms. The highest BCUT2D eigenvalue weighted by atomic mass is 16.1. The van der Waals surface area contributed by atoms with Crippen molar-refractivity contribution in [2.45, 2.75) is 13.8 Å². The second-order valence-corrected chi connectivity index (χ2v) is 2.61.